The molecule has 3 rings (SSSR count). The number of halogens is 3. The van der Waals surface area contributed by atoms with Crippen molar-refractivity contribution < 1.29 is 24.1 Å². The Morgan fingerprint density at radius 3 is 2.22 bits per heavy atom. The van der Waals surface area contributed by atoms with Crippen molar-refractivity contribution in [2.24, 2.45) is 5.73 Å². The summed E-state index contributed by atoms with van der Waals surface area (Å²) in [5, 5.41) is 29.3. The molecule has 120 valence electrons. The molecule has 2 aromatic carbocycles. The smallest absolute Gasteiger partial charge is 0.170 e. The van der Waals surface area contributed by atoms with Crippen molar-refractivity contribution in [2.75, 3.05) is 0 Å². The summed E-state index contributed by atoms with van der Waals surface area (Å²) in [6.45, 7) is -0.155. The zero-order valence-corrected chi connectivity index (χ0v) is 12.9. The molecule has 0 spiro atoms. The van der Waals surface area contributed by atoms with Crippen LogP contribution in [0.15, 0.2) is 22.6 Å². The Morgan fingerprint density at radius 2 is 1.65 bits per heavy atom. The van der Waals surface area contributed by atoms with E-state index in [-0.39, 0.29) is 50.2 Å². The lowest BCUT2D eigenvalue weighted by Crippen LogP contribution is -1.93. The first kappa shape index (κ1) is 15.7. The Labute approximate surface area is 139 Å². The standard InChI is InChI=1S/C15H10Cl2FNO4/c16-7-1-5(20)2-8(17)11(7)6-3-9(18)13(21)12-14(22)10(4-19)23-15(6)12/h1-3,20-22H,4,19H2. The molecule has 0 radical (unpaired) electrons. The van der Waals surface area contributed by atoms with Crippen molar-refractivity contribution >= 4 is 34.2 Å². The number of rotatable bonds is 2. The van der Waals surface area contributed by atoms with Crippen LogP contribution < -0.4 is 5.73 Å². The predicted octanol–water partition coefficient (Wildman–Crippen LogP) is 4.12. The summed E-state index contributed by atoms with van der Waals surface area (Å²) >= 11 is 12.2. The summed E-state index contributed by atoms with van der Waals surface area (Å²) in [4.78, 5) is 0. The second-order valence-corrected chi connectivity index (χ2v) is 5.64. The van der Waals surface area contributed by atoms with Gasteiger partial charge in [0.25, 0.3) is 0 Å². The molecule has 8 heteroatoms. The first-order chi connectivity index (χ1) is 10.8. The van der Waals surface area contributed by atoms with E-state index in [1.165, 1.54) is 12.1 Å². The minimum Gasteiger partial charge on any atom is -0.508 e. The first-order valence-electron chi connectivity index (χ1n) is 6.39. The molecule has 5 N–H and O–H groups in total. The lowest BCUT2D eigenvalue weighted by molar-refractivity contribution is 0.429. The fraction of sp³-hybridized carbons (Fsp3) is 0.0667. The van der Waals surface area contributed by atoms with Crippen LogP contribution >= 0.6 is 23.2 Å². The zero-order chi connectivity index (χ0) is 16.9. The van der Waals surface area contributed by atoms with Crippen LogP contribution in [0.2, 0.25) is 10.0 Å². The second kappa shape index (κ2) is 5.49. The van der Waals surface area contributed by atoms with E-state index in [0.717, 1.165) is 6.07 Å². The van der Waals surface area contributed by atoms with Gasteiger partial charge in [-0.1, -0.05) is 23.2 Å². The van der Waals surface area contributed by atoms with E-state index in [2.05, 4.69) is 0 Å². The maximum absolute atomic E-state index is 14.1. The van der Waals surface area contributed by atoms with Gasteiger partial charge in [0.2, 0.25) is 0 Å². The first-order valence-corrected chi connectivity index (χ1v) is 7.15. The highest BCUT2D eigenvalue weighted by Gasteiger charge is 2.25. The van der Waals surface area contributed by atoms with Crippen LogP contribution in [0.3, 0.4) is 0 Å². The van der Waals surface area contributed by atoms with Crippen molar-refractivity contribution in [2.45, 2.75) is 6.54 Å². The van der Waals surface area contributed by atoms with E-state index in [1.807, 2.05) is 0 Å². The highest BCUT2D eigenvalue weighted by atomic mass is 35.5. The lowest BCUT2D eigenvalue weighted by Gasteiger charge is -2.10. The molecule has 0 saturated heterocycles. The average Bonchev–Trinajstić information content (AvgIpc) is 2.80. The van der Waals surface area contributed by atoms with E-state index in [9.17, 15) is 19.7 Å². The molecule has 5 nitrogen and oxygen atoms in total. The van der Waals surface area contributed by atoms with E-state index in [4.69, 9.17) is 33.4 Å². The lowest BCUT2D eigenvalue weighted by atomic mass is 10.0. The van der Waals surface area contributed by atoms with Crippen molar-refractivity contribution in [3.05, 3.63) is 39.8 Å². The predicted molar refractivity (Wildman–Crippen MR) is 84.5 cm³/mol. The molecule has 0 unspecified atom stereocenters. The van der Waals surface area contributed by atoms with Gasteiger partial charge in [0.1, 0.15) is 16.7 Å². The van der Waals surface area contributed by atoms with Gasteiger partial charge in [-0.05, 0) is 18.2 Å². The maximum atomic E-state index is 14.1. The Balaban J connectivity index is 2.46. The zero-order valence-electron chi connectivity index (χ0n) is 11.4. The second-order valence-electron chi connectivity index (χ2n) is 4.82. The fourth-order valence-corrected chi connectivity index (χ4v) is 3.08. The van der Waals surface area contributed by atoms with Crippen LogP contribution in [-0.4, -0.2) is 15.3 Å². The third kappa shape index (κ3) is 2.35. The molecule has 0 aliphatic heterocycles. The molecular weight excluding hydrogens is 348 g/mol. The highest BCUT2D eigenvalue weighted by Crippen LogP contribution is 2.47. The van der Waals surface area contributed by atoms with Gasteiger partial charge in [-0.2, -0.15) is 0 Å². The third-order valence-electron chi connectivity index (χ3n) is 3.41. The quantitative estimate of drug-likeness (QED) is 0.552. The molecule has 23 heavy (non-hydrogen) atoms. The van der Waals surface area contributed by atoms with Crippen molar-refractivity contribution in [1.82, 2.24) is 0 Å². The monoisotopic (exact) mass is 357 g/mol. The molecular formula is C15H10Cl2FNO4. The van der Waals surface area contributed by atoms with Gasteiger partial charge in [0.15, 0.2) is 23.1 Å². The van der Waals surface area contributed by atoms with E-state index >= 15 is 0 Å². The molecule has 0 fully saturated rings. The van der Waals surface area contributed by atoms with Gasteiger partial charge in [0.05, 0.1) is 16.6 Å². The Kier molecular flexibility index (Phi) is 3.75. The number of fused-ring (bicyclic) bond motifs is 1. The van der Waals surface area contributed by atoms with Crippen LogP contribution in [0.25, 0.3) is 22.1 Å². The van der Waals surface area contributed by atoms with Crippen LogP contribution in [0, 0.1) is 5.82 Å². The largest absolute Gasteiger partial charge is 0.508 e. The van der Waals surface area contributed by atoms with Gasteiger partial charge >= 0.3 is 0 Å². The van der Waals surface area contributed by atoms with E-state index in [1.54, 1.807) is 0 Å². The molecule has 3 aromatic rings. The molecule has 0 saturated carbocycles. The summed E-state index contributed by atoms with van der Waals surface area (Å²) in [5.41, 5.74) is 5.74. The van der Waals surface area contributed by atoms with Crippen LogP contribution in [0.5, 0.6) is 17.2 Å². The average molecular weight is 358 g/mol. The number of furan rings is 1. The number of aromatic hydroxyl groups is 3. The third-order valence-corrected chi connectivity index (χ3v) is 4.01. The topological polar surface area (TPSA) is 99.9 Å². The summed E-state index contributed by atoms with van der Waals surface area (Å²) in [6, 6.07) is 3.43. The van der Waals surface area contributed by atoms with Gasteiger partial charge in [-0.3, -0.25) is 0 Å². The minimum atomic E-state index is -0.993. The normalized spacial score (nSPS) is 11.3. The number of nitrogens with two attached hydrogens (primary N) is 1. The van der Waals surface area contributed by atoms with E-state index < -0.39 is 17.3 Å². The number of hydrogen-bond donors (Lipinski definition) is 4. The van der Waals surface area contributed by atoms with Gasteiger partial charge in [-0.25, -0.2) is 4.39 Å². The summed E-state index contributed by atoms with van der Waals surface area (Å²) in [6.07, 6.45) is 0. The van der Waals surface area contributed by atoms with Gasteiger partial charge in [-0.15, -0.1) is 0 Å². The van der Waals surface area contributed by atoms with Crippen LogP contribution in [-0.2, 0) is 6.54 Å². The molecule has 0 bridgehead atoms. The minimum absolute atomic E-state index is 0.0173. The Hall–Kier alpha value is -2.15. The van der Waals surface area contributed by atoms with Crippen LogP contribution in [0.1, 0.15) is 5.76 Å². The molecule has 0 atom stereocenters. The highest BCUT2D eigenvalue weighted by molar-refractivity contribution is 6.40. The van der Waals surface area contributed by atoms with Crippen molar-refractivity contribution in [3.63, 3.8) is 0 Å². The molecule has 1 heterocycles. The number of phenols is 2. The van der Waals surface area contributed by atoms with Gasteiger partial charge in [0, 0.05) is 11.1 Å². The number of phenolic OH excluding ortho intramolecular Hbond substituents is 2. The summed E-state index contributed by atoms with van der Waals surface area (Å²) in [7, 11) is 0. The number of benzene rings is 2. The Morgan fingerprint density at radius 1 is 1.04 bits per heavy atom. The van der Waals surface area contributed by atoms with Crippen molar-refractivity contribution in [1.29, 1.82) is 0 Å². The molecule has 0 aliphatic carbocycles. The fourth-order valence-electron chi connectivity index (χ4n) is 2.40. The molecule has 0 amide bonds. The summed E-state index contributed by atoms with van der Waals surface area (Å²) in [5.74, 6) is -2.40. The SMILES string of the molecule is NCc1oc2c(-c3c(Cl)cc(O)cc3Cl)cc(F)c(O)c2c1O. The maximum Gasteiger partial charge on any atom is 0.170 e. The van der Waals surface area contributed by atoms with Crippen molar-refractivity contribution in [3.8, 4) is 28.4 Å². The molecule has 1 aromatic heterocycles. The van der Waals surface area contributed by atoms with Gasteiger partial charge < -0.3 is 25.5 Å². The Bertz CT molecular complexity index is 916. The van der Waals surface area contributed by atoms with E-state index in [0.29, 0.717) is 0 Å². The molecule has 0 aliphatic rings. The van der Waals surface area contributed by atoms with Crippen LogP contribution in [0.4, 0.5) is 4.39 Å². The summed E-state index contributed by atoms with van der Waals surface area (Å²) < 4.78 is 19.5. The number of hydrogen-bond acceptors (Lipinski definition) is 5.